The van der Waals surface area contributed by atoms with Gasteiger partial charge in [0.2, 0.25) is 5.91 Å². The van der Waals surface area contributed by atoms with Gasteiger partial charge in [-0.25, -0.2) is 0 Å². The van der Waals surface area contributed by atoms with Crippen molar-refractivity contribution in [3.05, 3.63) is 94.0 Å². The first kappa shape index (κ1) is 22.3. The number of rotatable bonds is 7. The third kappa shape index (κ3) is 5.12. The third-order valence-electron chi connectivity index (χ3n) is 5.47. The predicted molar refractivity (Wildman–Crippen MR) is 125 cm³/mol. The quantitative estimate of drug-likeness (QED) is 0.427. The lowest BCUT2D eigenvalue weighted by Crippen LogP contribution is -2.43. The van der Waals surface area contributed by atoms with Crippen molar-refractivity contribution in [3.63, 3.8) is 0 Å². The molecule has 0 saturated heterocycles. The number of carbonyl (C=O) groups is 1. The highest BCUT2D eigenvalue weighted by Gasteiger charge is 2.31. The molecule has 1 amide bonds. The number of nitro groups is 1. The monoisotopic (exact) mass is 447 g/mol. The Bertz CT molecular complexity index is 1150. The fourth-order valence-corrected chi connectivity index (χ4v) is 3.92. The van der Waals surface area contributed by atoms with Crippen LogP contribution in [0.5, 0.6) is 11.5 Å². The number of anilines is 1. The molecule has 170 valence electrons. The zero-order valence-electron chi connectivity index (χ0n) is 18.4. The summed E-state index contributed by atoms with van der Waals surface area (Å²) in [6, 6.07) is 20.8. The number of fused-ring (bicyclic) bond motifs is 1. The van der Waals surface area contributed by atoms with Crippen LogP contribution in [-0.4, -0.2) is 42.0 Å². The van der Waals surface area contributed by atoms with Gasteiger partial charge in [-0.05, 0) is 43.3 Å². The number of nitrogens with one attached hydrogen (secondary N) is 1. The molecular formula is C25H25N3O5. The molecule has 3 aromatic carbocycles. The third-order valence-corrected chi connectivity index (χ3v) is 5.47. The smallest absolute Gasteiger partial charge is 0.293 e. The highest BCUT2D eigenvalue weighted by atomic mass is 16.6. The zero-order chi connectivity index (χ0) is 23.4. The van der Waals surface area contributed by atoms with Gasteiger partial charge in [0.05, 0.1) is 4.92 Å². The number of benzene rings is 3. The van der Waals surface area contributed by atoms with Gasteiger partial charge >= 0.3 is 0 Å². The van der Waals surface area contributed by atoms with Crippen LogP contribution in [0.4, 0.5) is 11.4 Å². The summed E-state index contributed by atoms with van der Waals surface area (Å²) in [6.45, 7) is 2.54. The van der Waals surface area contributed by atoms with E-state index < -0.39 is 11.0 Å². The molecule has 0 aliphatic carbocycles. The van der Waals surface area contributed by atoms with E-state index in [1.807, 2.05) is 66.5 Å². The van der Waals surface area contributed by atoms with Crippen LogP contribution in [0.25, 0.3) is 0 Å². The summed E-state index contributed by atoms with van der Waals surface area (Å²) in [5.74, 6) is 0.992. The lowest BCUT2D eigenvalue weighted by atomic mass is 10.0. The second kappa shape index (κ2) is 9.70. The topological polar surface area (TPSA) is 93.9 Å². The number of carbonyl (C=O) groups excluding carboxylic acids is 1. The lowest BCUT2D eigenvalue weighted by Gasteiger charge is -2.33. The van der Waals surface area contributed by atoms with E-state index in [0.29, 0.717) is 24.7 Å². The van der Waals surface area contributed by atoms with Crippen LogP contribution in [0, 0.1) is 17.0 Å². The van der Waals surface area contributed by atoms with E-state index in [0.717, 1.165) is 11.1 Å². The molecule has 2 atom stereocenters. The molecule has 1 aliphatic rings. The van der Waals surface area contributed by atoms with Crippen LogP contribution >= 0.6 is 0 Å². The molecule has 0 saturated carbocycles. The average molecular weight is 447 g/mol. The Morgan fingerprint density at radius 2 is 1.82 bits per heavy atom. The molecule has 1 aliphatic heterocycles. The Balaban J connectivity index is 1.56. The van der Waals surface area contributed by atoms with E-state index in [9.17, 15) is 14.9 Å². The van der Waals surface area contributed by atoms with Crippen LogP contribution in [-0.2, 0) is 4.79 Å². The Kier molecular flexibility index (Phi) is 6.55. The van der Waals surface area contributed by atoms with Crippen LogP contribution < -0.4 is 14.8 Å². The van der Waals surface area contributed by atoms with Gasteiger partial charge in [0.25, 0.3) is 5.69 Å². The lowest BCUT2D eigenvalue weighted by molar-refractivity contribution is -0.384. The summed E-state index contributed by atoms with van der Waals surface area (Å²) in [5.41, 5.74) is 1.53. The summed E-state index contributed by atoms with van der Waals surface area (Å²) in [7, 11) is 1.82. The second-order valence-electron chi connectivity index (χ2n) is 8.02. The molecule has 0 radical (unpaired) electrons. The number of hydrogen-bond acceptors (Lipinski definition) is 6. The van der Waals surface area contributed by atoms with Crippen molar-refractivity contribution in [2.45, 2.75) is 19.1 Å². The zero-order valence-corrected chi connectivity index (χ0v) is 18.4. The van der Waals surface area contributed by atoms with Crippen molar-refractivity contribution in [3.8, 4) is 11.5 Å². The molecule has 4 rings (SSSR count). The number of likely N-dealkylation sites (N-methyl/N-ethyl adjacent to an activating group) is 1. The maximum atomic E-state index is 13.4. The minimum Gasteiger partial charge on any atom is -0.486 e. The predicted octanol–water partition coefficient (Wildman–Crippen LogP) is 4.35. The number of nitro benzene ring substituents is 1. The maximum Gasteiger partial charge on any atom is 0.293 e. The van der Waals surface area contributed by atoms with Gasteiger partial charge in [-0.2, -0.15) is 0 Å². The molecule has 0 bridgehead atoms. The average Bonchev–Trinajstić information content (AvgIpc) is 2.81. The van der Waals surface area contributed by atoms with Gasteiger partial charge in [-0.3, -0.25) is 19.8 Å². The molecule has 0 unspecified atom stereocenters. The van der Waals surface area contributed by atoms with Gasteiger partial charge in [0.1, 0.15) is 24.4 Å². The summed E-state index contributed by atoms with van der Waals surface area (Å²) in [6.07, 6.45) is -0.280. The number of aryl methyl sites for hydroxylation is 1. The number of para-hydroxylation sites is 2. The Labute approximate surface area is 191 Å². The molecule has 0 fully saturated rings. The van der Waals surface area contributed by atoms with Gasteiger partial charge < -0.3 is 14.8 Å². The molecule has 1 N–H and O–H groups in total. The first-order chi connectivity index (χ1) is 15.9. The van der Waals surface area contributed by atoms with Crippen molar-refractivity contribution in [1.82, 2.24) is 4.90 Å². The van der Waals surface area contributed by atoms with E-state index in [1.165, 1.54) is 6.07 Å². The van der Waals surface area contributed by atoms with Gasteiger partial charge in [-0.15, -0.1) is 0 Å². The van der Waals surface area contributed by atoms with E-state index in [2.05, 4.69) is 5.32 Å². The molecule has 8 heteroatoms. The van der Waals surface area contributed by atoms with Crippen molar-refractivity contribution in [2.75, 3.05) is 25.5 Å². The highest BCUT2D eigenvalue weighted by molar-refractivity contribution is 5.97. The minimum atomic E-state index is -0.687. The van der Waals surface area contributed by atoms with E-state index in [1.54, 1.807) is 19.1 Å². The molecule has 0 spiro atoms. The fraction of sp³-hybridized carbons (Fsp3) is 0.240. The van der Waals surface area contributed by atoms with E-state index >= 15 is 0 Å². The molecule has 8 nitrogen and oxygen atoms in total. The first-order valence-corrected chi connectivity index (χ1v) is 10.6. The Hall–Kier alpha value is -3.91. The molecule has 3 aromatic rings. The van der Waals surface area contributed by atoms with Crippen LogP contribution in [0.15, 0.2) is 72.8 Å². The van der Waals surface area contributed by atoms with Crippen LogP contribution in [0.2, 0.25) is 0 Å². The summed E-state index contributed by atoms with van der Waals surface area (Å²) < 4.78 is 11.9. The van der Waals surface area contributed by atoms with Gasteiger partial charge in [0.15, 0.2) is 11.5 Å². The van der Waals surface area contributed by atoms with Gasteiger partial charge in [-0.1, -0.05) is 48.5 Å². The van der Waals surface area contributed by atoms with Crippen molar-refractivity contribution < 1.29 is 19.2 Å². The van der Waals surface area contributed by atoms with Crippen molar-refractivity contribution in [1.29, 1.82) is 0 Å². The maximum absolute atomic E-state index is 13.4. The van der Waals surface area contributed by atoms with Gasteiger partial charge in [0, 0.05) is 12.6 Å². The Morgan fingerprint density at radius 1 is 1.12 bits per heavy atom. The molecule has 33 heavy (non-hydrogen) atoms. The van der Waals surface area contributed by atoms with Crippen molar-refractivity contribution in [2.24, 2.45) is 0 Å². The largest absolute Gasteiger partial charge is 0.486 e. The van der Waals surface area contributed by atoms with Crippen molar-refractivity contribution >= 4 is 17.3 Å². The number of amides is 1. The summed E-state index contributed by atoms with van der Waals surface area (Å²) in [5, 5.41) is 14.3. The molecule has 1 heterocycles. The fourth-order valence-electron chi connectivity index (χ4n) is 3.92. The molecular weight excluding hydrogens is 422 g/mol. The van der Waals surface area contributed by atoms with Crippen LogP contribution in [0.3, 0.4) is 0 Å². The number of nitrogens with zero attached hydrogens (tertiary/aromatic N) is 2. The molecule has 0 aromatic heterocycles. The van der Waals surface area contributed by atoms with E-state index in [4.69, 9.17) is 9.47 Å². The minimum absolute atomic E-state index is 0.140. The second-order valence-corrected chi connectivity index (χ2v) is 8.02. The highest BCUT2D eigenvalue weighted by Crippen LogP contribution is 2.32. The standard InChI is InChI=1S/C25H25N3O5/c1-17-12-13-20(21(14-17)28(30)31)26-25(29)24(18-8-4-3-5-9-18)27(2)15-19-16-32-22-10-6-7-11-23(22)33-19/h3-14,19,24H,15-16H2,1-2H3,(H,26,29)/t19-,24-/m0/s1. The van der Waals surface area contributed by atoms with Crippen LogP contribution in [0.1, 0.15) is 17.2 Å². The summed E-state index contributed by atoms with van der Waals surface area (Å²) in [4.78, 5) is 26.3. The Morgan fingerprint density at radius 3 is 2.55 bits per heavy atom. The normalized spacial score (nSPS) is 15.7. The summed E-state index contributed by atoms with van der Waals surface area (Å²) >= 11 is 0. The SMILES string of the molecule is Cc1ccc(NC(=O)[C@H](c2ccccc2)N(C)C[C@H]2COc3ccccc3O2)c([N+](=O)[O-])c1. The first-order valence-electron chi connectivity index (χ1n) is 10.6. The number of hydrogen-bond donors (Lipinski definition) is 1. The van der Waals surface area contributed by atoms with E-state index in [-0.39, 0.29) is 23.4 Å². The number of ether oxygens (including phenoxy) is 2.